The molecule has 3 rings (SSSR count). The summed E-state index contributed by atoms with van der Waals surface area (Å²) in [6.07, 6.45) is 1.46. The molecule has 1 aliphatic rings. The van der Waals surface area contributed by atoms with Crippen molar-refractivity contribution in [2.24, 2.45) is 0 Å². The average molecular weight is 380 g/mol. The second kappa shape index (κ2) is 7.51. The molecule has 0 radical (unpaired) electrons. The lowest BCUT2D eigenvalue weighted by molar-refractivity contribution is -0.134. The molecule has 1 heterocycles. The first kappa shape index (κ1) is 19.1. The molecule has 1 fully saturated rings. The summed E-state index contributed by atoms with van der Waals surface area (Å²) in [5.41, 5.74) is -0.681. The van der Waals surface area contributed by atoms with Gasteiger partial charge in [0.25, 0.3) is 5.91 Å². The van der Waals surface area contributed by atoms with E-state index in [4.69, 9.17) is 0 Å². The zero-order valence-corrected chi connectivity index (χ0v) is 15.3. The van der Waals surface area contributed by atoms with E-state index in [1.807, 2.05) is 36.4 Å². The van der Waals surface area contributed by atoms with E-state index in [1.54, 1.807) is 13.0 Å². The Balaban J connectivity index is 1.82. The zero-order chi connectivity index (χ0) is 20.3. The number of carbonyl (C=O) groups excluding carboxylic acids is 4. The van der Waals surface area contributed by atoms with Crippen molar-refractivity contribution in [1.29, 1.82) is 0 Å². The van der Waals surface area contributed by atoms with Gasteiger partial charge in [-0.3, -0.25) is 19.8 Å². The summed E-state index contributed by atoms with van der Waals surface area (Å²) in [6, 6.07) is 11.6. The van der Waals surface area contributed by atoms with Crippen LogP contribution in [0.3, 0.4) is 0 Å². The number of fused-ring (bicyclic) bond motifs is 1. The van der Waals surface area contributed by atoms with E-state index in [0.29, 0.717) is 5.56 Å². The summed E-state index contributed by atoms with van der Waals surface area (Å²) in [7, 11) is 0. The Morgan fingerprint density at radius 3 is 2.64 bits per heavy atom. The third-order valence-electron chi connectivity index (χ3n) is 4.56. The predicted octanol–water partition coefficient (Wildman–Crippen LogP) is 1.62. The average Bonchev–Trinajstić information content (AvgIpc) is 2.89. The predicted molar refractivity (Wildman–Crippen MR) is 103 cm³/mol. The number of benzene rings is 2. The Labute approximate surface area is 161 Å². The van der Waals surface area contributed by atoms with Crippen molar-refractivity contribution in [2.75, 3.05) is 13.1 Å². The van der Waals surface area contributed by atoms with Crippen LogP contribution in [0.15, 0.2) is 55.1 Å². The molecule has 0 spiro atoms. The van der Waals surface area contributed by atoms with Crippen LogP contribution >= 0.6 is 0 Å². The fourth-order valence-corrected chi connectivity index (χ4v) is 3.20. The number of amides is 6. The standard InChI is InChI=1S/C20H20N4O4/c1-3-11-21-18(27)22-16(25)12-24-17(26)20(2,23-19(24)28)15-10-6-8-13-7-4-5-9-14(13)15/h3-10H,1,11-12H2,2H3,(H,23,28)(H2,21,22,25,27)/t20-/m0/s1. The molecular weight excluding hydrogens is 360 g/mol. The van der Waals surface area contributed by atoms with Gasteiger partial charge in [0.15, 0.2) is 0 Å². The van der Waals surface area contributed by atoms with E-state index in [1.165, 1.54) is 6.08 Å². The van der Waals surface area contributed by atoms with Gasteiger partial charge in [0, 0.05) is 6.54 Å². The number of hydrogen-bond acceptors (Lipinski definition) is 4. The van der Waals surface area contributed by atoms with E-state index in [0.717, 1.165) is 15.7 Å². The number of urea groups is 2. The highest BCUT2D eigenvalue weighted by atomic mass is 16.2. The summed E-state index contributed by atoms with van der Waals surface area (Å²) in [5, 5.41) is 8.88. The number of hydrogen-bond donors (Lipinski definition) is 3. The van der Waals surface area contributed by atoms with Gasteiger partial charge in [-0.05, 0) is 23.3 Å². The molecule has 1 atom stereocenters. The van der Waals surface area contributed by atoms with E-state index >= 15 is 0 Å². The van der Waals surface area contributed by atoms with Crippen LogP contribution in [0.1, 0.15) is 12.5 Å². The van der Waals surface area contributed by atoms with Crippen molar-refractivity contribution in [2.45, 2.75) is 12.5 Å². The normalized spacial score (nSPS) is 18.7. The molecule has 0 unspecified atom stereocenters. The molecule has 0 aliphatic carbocycles. The maximum absolute atomic E-state index is 13.0. The van der Waals surface area contributed by atoms with Crippen molar-refractivity contribution < 1.29 is 19.2 Å². The van der Waals surface area contributed by atoms with Gasteiger partial charge in [-0.25, -0.2) is 9.59 Å². The highest BCUT2D eigenvalue weighted by molar-refractivity contribution is 6.11. The molecule has 144 valence electrons. The lowest BCUT2D eigenvalue weighted by Crippen LogP contribution is -2.47. The first-order valence-electron chi connectivity index (χ1n) is 8.67. The molecule has 2 aromatic carbocycles. The Hall–Kier alpha value is -3.68. The summed E-state index contributed by atoms with van der Waals surface area (Å²) in [4.78, 5) is 49.8. The van der Waals surface area contributed by atoms with Crippen molar-refractivity contribution in [1.82, 2.24) is 20.9 Å². The van der Waals surface area contributed by atoms with Crippen LogP contribution in [-0.2, 0) is 15.1 Å². The molecule has 0 bridgehead atoms. The van der Waals surface area contributed by atoms with Gasteiger partial charge < -0.3 is 10.6 Å². The number of carbonyl (C=O) groups is 4. The lowest BCUT2D eigenvalue weighted by Gasteiger charge is -2.24. The summed E-state index contributed by atoms with van der Waals surface area (Å²) in [6.45, 7) is 4.67. The van der Waals surface area contributed by atoms with Crippen LogP contribution in [0.2, 0.25) is 0 Å². The molecule has 8 nitrogen and oxygen atoms in total. The zero-order valence-electron chi connectivity index (χ0n) is 15.3. The second-order valence-electron chi connectivity index (χ2n) is 6.52. The van der Waals surface area contributed by atoms with Crippen LogP contribution in [-0.4, -0.2) is 41.9 Å². The Bertz CT molecular complexity index is 982. The highest BCUT2D eigenvalue weighted by Gasteiger charge is 2.50. The molecule has 28 heavy (non-hydrogen) atoms. The van der Waals surface area contributed by atoms with E-state index in [2.05, 4.69) is 22.5 Å². The van der Waals surface area contributed by atoms with Gasteiger partial charge in [0.05, 0.1) is 0 Å². The van der Waals surface area contributed by atoms with Crippen LogP contribution in [0.5, 0.6) is 0 Å². The summed E-state index contributed by atoms with van der Waals surface area (Å²) >= 11 is 0. The third kappa shape index (κ3) is 3.44. The van der Waals surface area contributed by atoms with Gasteiger partial charge in [0.1, 0.15) is 12.1 Å². The monoisotopic (exact) mass is 380 g/mol. The summed E-state index contributed by atoms with van der Waals surface area (Å²) < 4.78 is 0. The topological polar surface area (TPSA) is 108 Å². The molecule has 1 aliphatic heterocycles. The highest BCUT2D eigenvalue weighted by Crippen LogP contribution is 2.33. The van der Waals surface area contributed by atoms with E-state index in [9.17, 15) is 19.2 Å². The van der Waals surface area contributed by atoms with E-state index < -0.39 is 36.0 Å². The maximum atomic E-state index is 13.0. The Kier molecular flexibility index (Phi) is 5.12. The van der Waals surface area contributed by atoms with E-state index in [-0.39, 0.29) is 6.54 Å². The minimum absolute atomic E-state index is 0.182. The minimum Gasteiger partial charge on any atom is -0.334 e. The number of nitrogens with zero attached hydrogens (tertiary/aromatic N) is 1. The summed E-state index contributed by atoms with van der Waals surface area (Å²) in [5.74, 6) is -1.33. The fraction of sp³-hybridized carbons (Fsp3) is 0.200. The smallest absolute Gasteiger partial charge is 0.325 e. The largest absolute Gasteiger partial charge is 0.334 e. The van der Waals surface area contributed by atoms with Gasteiger partial charge in [-0.1, -0.05) is 48.5 Å². The van der Waals surface area contributed by atoms with Crippen molar-refractivity contribution >= 4 is 34.6 Å². The molecule has 3 N–H and O–H groups in total. The number of rotatable bonds is 5. The molecule has 6 amide bonds. The number of imide groups is 2. The first-order chi connectivity index (χ1) is 13.4. The Morgan fingerprint density at radius 1 is 1.18 bits per heavy atom. The van der Waals surface area contributed by atoms with Crippen molar-refractivity contribution in [3.63, 3.8) is 0 Å². The molecule has 8 heteroatoms. The minimum atomic E-state index is -1.32. The second-order valence-corrected chi connectivity index (χ2v) is 6.52. The maximum Gasteiger partial charge on any atom is 0.325 e. The number of nitrogens with one attached hydrogen (secondary N) is 3. The van der Waals surface area contributed by atoms with Gasteiger partial charge in [-0.2, -0.15) is 0 Å². The molecule has 2 aromatic rings. The Morgan fingerprint density at radius 2 is 1.89 bits per heavy atom. The van der Waals surface area contributed by atoms with Gasteiger partial charge in [-0.15, -0.1) is 6.58 Å². The van der Waals surface area contributed by atoms with Gasteiger partial charge in [0.2, 0.25) is 5.91 Å². The van der Waals surface area contributed by atoms with Crippen LogP contribution in [0.25, 0.3) is 10.8 Å². The van der Waals surface area contributed by atoms with Gasteiger partial charge >= 0.3 is 12.1 Å². The van der Waals surface area contributed by atoms with Crippen LogP contribution < -0.4 is 16.0 Å². The first-order valence-corrected chi connectivity index (χ1v) is 8.67. The fourth-order valence-electron chi connectivity index (χ4n) is 3.20. The van der Waals surface area contributed by atoms with Crippen LogP contribution in [0, 0.1) is 0 Å². The van der Waals surface area contributed by atoms with Crippen molar-refractivity contribution in [3.05, 3.63) is 60.7 Å². The molecule has 1 saturated heterocycles. The molecule has 0 saturated carbocycles. The molecule has 0 aromatic heterocycles. The van der Waals surface area contributed by atoms with Crippen molar-refractivity contribution in [3.8, 4) is 0 Å². The third-order valence-corrected chi connectivity index (χ3v) is 4.56. The molecular formula is C20H20N4O4. The van der Waals surface area contributed by atoms with Crippen LogP contribution in [0.4, 0.5) is 9.59 Å². The quantitative estimate of drug-likeness (QED) is 0.541. The SMILES string of the molecule is C=CCNC(=O)NC(=O)CN1C(=O)N[C@@](C)(c2cccc3ccccc23)C1=O. The lowest BCUT2D eigenvalue weighted by atomic mass is 9.88.